The highest BCUT2D eigenvalue weighted by Gasteiger charge is 2.07. The van der Waals surface area contributed by atoms with Gasteiger partial charge in [-0.2, -0.15) is 4.98 Å². The fourth-order valence-electron chi connectivity index (χ4n) is 2.14. The van der Waals surface area contributed by atoms with Crippen LogP contribution in [0.15, 0.2) is 30.3 Å². The van der Waals surface area contributed by atoms with Gasteiger partial charge in [-0.25, -0.2) is 4.98 Å². The first-order valence-electron chi connectivity index (χ1n) is 7.64. The molecule has 5 heteroatoms. The van der Waals surface area contributed by atoms with Crippen molar-refractivity contribution in [2.24, 2.45) is 0 Å². The lowest BCUT2D eigenvalue weighted by molar-refractivity contribution is 0.748. The smallest absolute Gasteiger partial charge is 0.227 e. The maximum Gasteiger partial charge on any atom is 0.227 e. The van der Waals surface area contributed by atoms with Crippen molar-refractivity contribution in [3.05, 3.63) is 46.6 Å². The van der Waals surface area contributed by atoms with Gasteiger partial charge in [-0.1, -0.05) is 43.1 Å². The minimum Gasteiger partial charge on any atom is -0.366 e. The molecule has 1 heterocycles. The molecule has 0 spiro atoms. The number of hydrogen-bond donors (Lipinski definition) is 1. The summed E-state index contributed by atoms with van der Waals surface area (Å²) in [6.07, 6.45) is 2.30. The second-order valence-electron chi connectivity index (χ2n) is 5.41. The predicted molar refractivity (Wildman–Crippen MR) is 93.7 cm³/mol. The largest absolute Gasteiger partial charge is 0.366 e. The van der Waals surface area contributed by atoms with E-state index in [0.717, 1.165) is 47.4 Å². The number of rotatable bonds is 7. The zero-order valence-electron chi connectivity index (χ0n) is 13.4. The maximum absolute atomic E-state index is 6.18. The van der Waals surface area contributed by atoms with Gasteiger partial charge in [0.05, 0.1) is 0 Å². The number of aryl methyl sites for hydroxylation is 1. The normalized spacial score (nSPS) is 10.5. The number of benzene rings is 1. The zero-order valence-corrected chi connectivity index (χ0v) is 14.2. The summed E-state index contributed by atoms with van der Waals surface area (Å²) in [5.41, 5.74) is 2.01. The van der Waals surface area contributed by atoms with Gasteiger partial charge in [0.1, 0.15) is 5.82 Å². The van der Waals surface area contributed by atoms with E-state index in [1.807, 2.05) is 44.3 Å². The molecule has 0 aliphatic carbocycles. The molecule has 0 unspecified atom stereocenters. The van der Waals surface area contributed by atoms with Gasteiger partial charge in [-0.05, 0) is 25.0 Å². The molecule has 118 valence electrons. The fraction of sp³-hybridized carbons (Fsp3) is 0.412. The summed E-state index contributed by atoms with van der Waals surface area (Å²) in [6, 6.07) is 9.78. The number of nitrogens with zero attached hydrogens (tertiary/aromatic N) is 3. The second-order valence-corrected chi connectivity index (χ2v) is 5.82. The number of nitrogens with one attached hydrogen (secondary N) is 1. The van der Waals surface area contributed by atoms with E-state index >= 15 is 0 Å². The Hall–Kier alpha value is -1.81. The van der Waals surface area contributed by atoms with Crippen LogP contribution in [-0.2, 0) is 6.54 Å². The molecule has 1 aromatic carbocycles. The van der Waals surface area contributed by atoms with E-state index in [1.165, 1.54) is 0 Å². The van der Waals surface area contributed by atoms with Crippen molar-refractivity contribution in [1.29, 1.82) is 0 Å². The Morgan fingerprint density at radius 2 is 2.00 bits per heavy atom. The topological polar surface area (TPSA) is 41.1 Å². The molecular weight excluding hydrogens is 296 g/mol. The predicted octanol–water partition coefficient (Wildman–Crippen LogP) is 4.29. The van der Waals surface area contributed by atoms with E-state index in [-0.39, 0.29) is 0 Å². The quantitative estimate of drug-likeness (QED) is 0.827. The zero-order chi connectivity index (χ0) is 15.9. The van der Waals surface area contributed by atoms with Crippen molar-refractivity contribution < 1.29 is 0 Å². The molecule has 0 saturated heterocycles. The molecular formula is C17H23ClN4. The van der Waals surface area contributed by atoms with Crippen LogP contribution in [0, 0.1) is 6.92 Å². The van der Waals surface area contributed by atoms with Gasteiger partial charge in [0.15, 0.2) is 0 Å². The molecule has 0 saturated carbocycles. The van der Waals surface area contributed by atoms with Crippen LogP contribution in [0.1, 0.15) is 31.0 Å². The monoisotopic (exact) mass is 318 g/mol. The van der Waals surface area contributed by atoms with Crippen LogP contribution in [0.5, 0.6) is 0 Å². The van der Waals surface area contributed by atoms with Gasteiger partial charge in [-0.3, -0.25) is 0 Å². The minimum absolute atomic E-state index is 0.647. The van der Waals surface area contributed by atoms with Crippen molar-refractivity contribution >= 4 is 23.4 Å². The molecule has 4 nitrogen and oxygen atoms in total. The van der Waals surface area contributed by atoms with Crippen LogP contribution in [0.4, 0.5) is 11.8 Å². The molecule has 1 N–H and O–H groups in total. The van der Waals surface area contributed by atoms with E-state index < -0.39 is 0 Å². The third-order valence-electron chi connectivity index (χ3n) is 3.45. The molecule has 2 aromatic rings. The summed E-state index contributed by atoms with van der Waals surface area (Å²) in [7, 11) is 2.03. The van der Waals surface area contributed by atoms with E-state index in [0.29, 0.717) is 6.54 Å². The van der Waals surface area contributed by atoms with Crippen LogP contribution in [-0.4, -0.2) is 23.6 Å². The van der Waals surface area contributed by atoms with Gasteiger partial charge in [0, 0.05) is 36.9 Å². The lowest BCUT2D eigenvalue weighted by atomic mass is 10.2. The summed E-state index contributed by atoms with van der Waals surface area (Å²) >= 11 is 6.18. The Morgan fingerprint density at radius 1 is 1.23 bits per heavy atom. The van der Waals surface area contributed by atoms with E-state index in [4.69, 9.17) is 11.6 Å². The van der Waals surface area contributed by atoms with Crippen LogP contribution < -0.4 is 10.2 Å². The number of hydrogen-bond acceptors (Lipinski definition) is 4. The van der Waals surface area contributed by atoms with Crippen LogP contribution >= 0.6 is 11.6 Å². The first-order chi connectivity index (χ1) is 10.6. The Morgan fingerprint density at radius 3 is 2.73 bits per heavy atom. The fourth-order valence-corrected chi connectivity index (χ4v) is 2.34. The van der Waals surface area contributed by atoms with E-state index in [9.17, 15) is 0 Å². The molecule has 0 atom stereocenters. The highest BCUT2D eigenvalue weighted by atomic mass is 35.5. The SMILES string of the molecule is CCCCN(C)c1nc(C)cc(NCc2ccccc2Cl)n1. The van der Waals surface area contributed by atoms with Gasteiger partial charge in [-0.15, -0.1) is 0 Å². The van der Waals surface area contributed by atoms with Crippen molar-refractivity contribution in [3.8, 4) is 0 Å². The van der Waals surface area contributed by atoms with Crippen LogP contribution in [0.2, 0.25) is 5.02 Å². The van der Waals surface area contributed by atoms with Gasteiger partial charge < -0.3 is 10.2 Å². The Labute approximate surface area is 137 Å². The first kappa shape index (κ1) is 16.6. The highest BCUT2D eigenvalue weighted by molar-refractivity contribution is 6.31. The molecule has 1 aromatic heterocycles. The standard InChI is InChI=1S/C17H23ClN4/c1-4-5-10-22(3)17-20-13(2)11-16(21-17)19-12-14-8-6-7-9-15(14)18/h6-9,11H,4-5,10,12H2,1-3H3,(H,19,20,21). The van der Waals surface area contributed by atoms with Crippen molar-refractivity contribution in [2.75, 3.05) is 23.8 Å². The molecule has 0 bridgehead atoms. The Balaban J connectivity index is 2.08. The molecule has 0 radical (unpaired) electrons. The molecule has 0 fully saturated rings. The van der Waals surface area contributed by atoms with Crippen molar-refractivity contribution in [3.63, 3.8) is 0 Å². The average Bonchev–Trinajstić information content (AvgIpc) is 2.51. The molecule has 0 aliphatic rings. The van der Waals surface area contributed by atoms with Crippen LogP contribution in [0.25, 0.3) is 0 Å². The first-order valence-corrected chi connectivity index (χ1v) is 8.02. The van der Waals surface area contributed by atoms with Gasteiger partial charge in [0.2, 0.25) is 5.95 Å². The van der Waals surface area contributed by atoms with E-state index in [2.05, 4.69) is 27.1 Å². The number of unbranched alkanes of at least 4 members (excludes halogenated alkanes) is 1. The van der Waals surface area contributed by atoms with Gasteiger partial charge >= 0.3 is 0 Å². The maximum atomic E-state index is 6.18. The third kappa shape index (κ3) is 4.60. The lowest BCUT2D eigenvalue weighted by Crippen LogP contribution is -2.21. The van der Waals surface area contributed by atoms with Crippen molar-refractivity contribution in [1.82, 2.24) is 9.97 Å². The molecule has 0 amide bonds. The second kappa shape index (κ2) is 7.99. The van der Waals surface area contributed by atoms with Crippen LogP contribution in [0.3, 0.4) is 0 Å². The minimum atomic E-state index is 0.647. The summed E-state index contributed by atoms with van der Waals surface area (Å²) in [5.74, 6) is 1.58. The number of halogens is 1. The summed E-state index contributed by atoms with van der Waals surface area (Å²) in [5, 5.41) is 4.10. The lowest BCUT2D eigenvalue weighted by Gasteiger charge is -2.18. The number of anilines is 2. The van der Waals surface area contributed by atoms with Gasteiger partial charge in [0.25, 0.3) is 0 Å². The van der Waals surface area contributed by atoms with Crippen molar-refractivity contribution in [2.45, 2.75) is 33.2 Å². The molecule has 0 aliphatic heterocycles. The molecule has 22 heavy (non-hydrogen) atoms. The third-order valence-corrected chi connectivity index (χ3v) is 3.82. The summed E-state index contributed by atoms with van der Waals surface area (Å²) < 4.78 is 0. The average molecular weight is 319 g/mol. The van der Waals surface area contributed by atoms with E-state index in [1.54, 1.807) is 0 Å². The Kier molecular flexibility index (Phi) is 6.01. The molecule has 2 rings (SSSR count). The Bertz CT molecular complexity index is 615. The summed E-state index contributed by atoms with van der Waals surface area (Å²) in [6.45, 7) is 5.78. The highest BCUT2D eigenvalue weighted by Crippen LogP contribution is 2.18. The number of aromatic nitrogens is 2. The summed E-state index contributed by atoms with van der Waals surface area (Å²) in [4.78, 5) is 11.2.